The normalized spacial score (nSPS) is 18.6. The predicted octanol–water partition coefficient (Wildman–Crippen LogP) is 0.875. The Labute approximate surface area is 110 Å². The molecule has 1 fully saturated rings. The van der Waals surface area contributed by atoms with E-state index in [0.717, 1.165) is 12.8 Å². The van der Waals surface area contributed by atoms with Gasteiger partial charge in [-0.05, 0) is 32.6 Å². The number of thioether (sulfide) groups is 1. The van der Waals surface area contributed by atoms with Gasteiger partial charge in [-0.1, -0.05) is 11.8 Å². The number of nitrogens with two attached hydrogens (primary N) is 1. The van der Waals surface area contributed by atoms with Crippen molar-refractivity contribution in [3.05, 3.63) is 10.5 Å². The Morgan fingerprint density at radius 3 is 2.89 bits per heavy atom. The van der Waals surface area contributed by atoms with Crippen molar-refractivity contribution in [3.63, 3.8) is 0 Å². The third kappa shape index (κ3) is 2.44. The van der Waals surface area contributed by atoms with E-state index in [9.17, 15) is 10.1 Å². The highest BCUT2D eigenvalue weighted by molar-refractivity contribution is 7.99. The molecule has 0 spiro atoms. The van der Waals surface area contributed by atoms with Crippen molar-refractivity contribution < 1.29 is 0 Å². The summed E-state index contributed by atoms with van der Waals surface area (Å²) in [5, 5.41) is 16.2. The number of hydrogen-bond donors (Lipinski definition) is 2. The zero-order valence-corrected chi connectivity index (χ0v) is 11.3. The van der Waals surface area contributed by atoms with Crippen molar-refractivity contribution in [1.29, 1.82) is 5.26 Å². The molecule has 7 heteroatoms. The standard InChI is InChI=1S/C11H17N5OS/c1-7(2)16-9(17)14-15-10(16)18-6-11(13,5-12)8-3-4-8/h7-8H,3-4,6,13H2,1-2H3,(H,14,17). The summed E-state index contributed by atoms with van der Waals surface area (Å²) >= 11 is 1.37. The maximum atomic E-state index is 11.6. The van der Waals surface area contributed by atoms with Gasteiger partial charge < -0.3 is 5.73 Å². The summed E-state index contributed by atoms with van der Waals surface area (Å²) in [6.07, 6.45) is 2.03. The quantitative estimate of drug-likeness (QED) is 0.771. The molecule has 6 nitrogen and oxygen atoms in total. The number of nitriles is 1. The minimum atomic E-state index is -0.804. The number of nitrogens with one attached hydrogen (secondary N) is 1. The largest absolute Gasteiger partial charge is 0.344 e. The first-order valence-electron chi connectivity index (χ1n) is 5.98. The van der Waals surface area contributed by atoms with E-state index in [1.54, 1.807) is 4.57 Å². The number of aromatic amines is 1. The Morgan fingerprint density at radius 2 is 2.39 bits per heavy atom. The van der Waals surface area contributed by atoms with Crippen LogP contribution >= 0.6 is 11.8 Å². The summed E-state index contributed by atoms with van der Waals surface area (Å²) in [6.45, 7) is 3.84. The molecule has 3 N–H and O–H groups in total. The van der Waals surface area contributed by atoms with Gasteiger partial charge in [0, 0.05) is 11.8 Å². The van der Waals surface area contributed by atoms with E-state index in [1.807, 2.05) is 13.8 Å². The Bertz CT molecular complexity index is 524. The molecule has 0 saturated heterocycles. The third-order valence-electron chi connectivity index (χ3n) is 3.14. The van der Waals surface area contributed by atoms with Gasteiger partial charge in [-0.25, -0.2) is 9.89 Å². The molecule has 1 heterocycles. The molecule has 98 valence electrons. The Balaban J connectivity index is 2.11. The number of H-pyrrole nitrogens is 1. The van der Waals surface area contributed by atoms with Gasteiger partial charge in [0.05, 0.1) is 6.07 Å². The summed E-state index contributed by atoms with van der Waals surface area (Å²) in [5.74, 6) is 0.749. The van der Waals surface area contributed by atoms with Gasteiger partial charge >= 0.3 is 5.69 Å². The molecule has 2 rings (SSSR count). The van der Waals surface area contributed by atoms with Crippen molar-refractivity contribution in [3.8, 4) is 6.07 Å². The second kappa shape index (κ2) is 4.78. The van der Waals surface area contributed by atoms with Crippen LogP contribution in [0.15, 0.2) is 9.95 Å². The van der Waals surface area contributed by atoms with Crippen LogP contribution in [0, 0.1) is 17.2 Å². The molecule has 1 aliphatic carbocycles. The fourth-order valence-electron chi connectivity index (χ4n) is 1.87. The van der Waals surface area contributed by atoms with Gasteiger partial charge in [-0.3, -0.25) is 4.57 Å². The van der Waals surface area contributed by atoms with Crippen LogP contribution in [0.5, 0.6) is 0 Å². The van der Waals surface area contributed by atoms with E-state index in [-0.39, 0.29) is 17.6 Å². The molecule has 0 aromatic carbocycles. The molecule has 1 aromatic rings. The number of hydrogen-bond acceptors (Lipinski definition) is 5. The number of nitrogens with zero attached hydrogens (tertiary/aromatic N) is 3. The highest BCUT2D eigenvalue weighted by atomic mass is 32.2. The Kier molecular flexibility index (Phi) is 3.50. The summed E-state index contributed by atoms with van der Waals surface area (Å²) in [4.78, 5) is 11.6. The van der Waals surface area contributed by atoms with Crippen LogP contribution in [0.4, 0.5) is 0 Å². The van der Waals surface area contributed by atoms with Crippen LogP contribution in [-0.4, -0.2) is 26.1 Å². The van der Waals surface area contributed by atoms with Crippen molar-refractivity contribution in [2.24, 2.45) is 11.7 Å². The lowest BCUT2D eigenvalue weighted by Gasteiger charge is -2.20. The second-order valence-corrected chi connectivity index (χ2v) is 5.93. The highest BCUT2D eigenvalue weighted by Crippen LogP contribution is 2.40. The van der Waals surface area contributed by atoms with Gasteiger partial charge in [0.2, 0.25) is 0 Å². The average molecular weight is 267 g/mol. The van der Waals surface area contributed by atoms with Crippen molar-refractivity contribution in [1.82, 2.24) is 14.8 Å². The molecular formula is C11H17N5OS. The van der Waals surface area contributed by atoms with Crippen LogP contribution in [0.25, 0.3) is 0 Å². The summed E-state index contributed by atoms with van der Waals surface area (Å²) < 4.78 is 1.58. The van der Waals surface area contributed by atoms with Crippen LogP contribution in [-0.2, 0) is 0 Å². The van der Waals surface area contributed by atoms with E-state index >= 15 is 0 Å². The fraction of sp³-hybridized carbons (Fsp3) is 0.727. The molecule has 1 atom stereocenters. The molecule has 1 aromatic heterocycles. The summed E-state index contributed by atoms with van der Waals surface area (Å²) in [5.41, 5.74) is 5.05. The maximum absolute atomic E-state index is 11.6. The lowest BCUT2D eigenvalue weighted by atomic mass is 10.00. The SMILES string of the molecule is CC(C)n1c(SCC(N)(C#N)C2CC2)n[nH]c1=O. The maximum Gasteiger partial charge on any atom is 0.344 e. The molecule has 0 radical (unpaired) electrons. The molecule has 1 saturated carbocycles. The van der Waals surface area contributed by atoms with E-state index in [0.29, 0.717) is 10.9 Å². The van der Waals surface area contributed by atoms with Crippen molar-refractivity contribution in [2.45, 2.75) is 43.4 Å². The molecule has 0 aliphatic heterocycles. The van der Waals surface area contributed by atoms with Crippen LogP contribution in [0.1, 0.15) is 32.7 Å². The van der Waals surface area contributed by atoms with Crippen molar-refractivity contribution >= 4 is 11.8 Å². The van der Waals surface area contributed by atoms with Crippen LogP contribution < -0.4 is 11.4 Å². The summed E-state index contributed by atoms with van der Waals surface area (Å²) in [6, 6.07) is 2.23. The average Bonchev–Trinajstić information content (AvgIpc) is 3.11. The molecule has 1 aliphatic rings. The van der Waals surface area contributed by atoms with Crippen molar-refractivity contribution in [2.75, 3.05) is 5.75 Å². The molecular weight excluding hydrogens is 250 g/mol. The van der Waals surface area contributed by atoms with Gasteiger partial charge in [0.15, 0.2) is 5.16 Å². The second-order valence-electron chi connectivity index (χ2n) is 4.99. The molecule has 0 amide bonds. The molecule has 0 bridgehead atoms. The minimum absolute atomic E-state index is 0.0361. The van der Waals surface area contributed by atoms with Gasteiger partial charge in [0.1, 0.15) is 5.54 Å². The summed E-state index contributed by atoms with van der Waals surface area (Å²) in [7, 11) is 0. The van der Waals surface area contributed by atoms with E-state index in [4.69, 9.17) is 5.73 Å². The molecule has 1 unspecified atom stereocenters. The van der Waals surface area contributed by atoms with E-state index < -0.39 is 5.54 Å². The minimum Gasteiger partial charge on any atom is -0.312 e. The monoisotopic (exact) mass is 267 g/mol. The van der Waals surface area contributed by atoms with Crippen LogP contribution in [0.2, 0.25) is 0 Å². The van der Waals surface area contributed by atoms with Crippen LogP contribution in [0.3, 0.4) is 0 Å². The fourth-order valence-corrected chi connectivity index (χ4v) is 3.08. The topological polar surface area (TPSA) is 100 Å². The zero-order valence-electron chi connectivity index (χ0n) is 10.5. The Hall–Kier alpha value is -1.26. The highest BCUT2D eigenvalue weighted by Gasteiger charge is 2.42. The van der Waals surface area contributed by atoms with E-state index in [1.165, 1.54) is 11.8 Å². The number of aromatic nitrogens is 3. The third-order valence-corrected chi connectivity index (χ3v) is 4.31. The van der Waals surface area contributed by atoms with Gasteiger partial charge in [-0.15, -0.1) is 5.10 Å². The lowest BCUT2D eigenvalue weighted by Crippen LogP contribution is -2.43. The first-order chi connectivity index (χ1) is 8.48. The molecule has 18 heavy (non-hydrogen) atoms. The van der Waals surface area contributed by atoms with Gasteiger partial charge in [0.25, 0.3) is 0 Å². The lowest BCUT2D eigenvalue weighted by molar-refractivity contribution is 0.521. The smallest absolute Gasteiger partial charge is 0.312 e. The van der Waals surface area contributed by atoms with Gasteiger partial charge in [-0.2, -0.15) is 5.26 Å². The zero-order chi connectivity index (χ0) is 13.3. The predicted molar refractivity (Wildman–Crippen MR) is 69.2 cm³/mol. The number of rotatable bonds is 5. The first kappa shape index (κ1) is 13.2. The Morgan fingerprint density at radius 1 is 1.72 bits per heavy atom. The first-order valence-corrected chi connectivity index (χ1v) is 6.96. The van der Waals surface area contributed by atoms with E-state index in [2.05, 4.69) is 16.3 Å².